The number of aryl methyl sites for hydroxylation is 2. The molecule has 0 bridgehead atoms. The zero-order valence-electron chi connectivity index (χ0n) is 13.5. The van der Waals surface area contributed by atoms with Crippen LogP contribution in [0.4, 0.5) is 0 Å². The predicted molar refractivity (Wildman–Crippen MR) is 85.9 cm³/mol. The maximum atomic E-state index is 12.0. The number of amides is 1. The molecule has 0 spiro atoms. The molecule has 1 rings (SSSR count). The van der Waals surface area contributed by atoms with Gasteiger partial charge in [-0.05, 0) is 26.7 Å². The minimum Gasteiger partial charge on any atom is -0.480 e. The van der Waals surface area contributed by atoms with E-state index in [9.17, 15) is 4.79 Å². The Morgan fingerprint density at radius 3 is 2.33 bits per heavy atom. The second kappa shape index (κ2) is 8.24. The van der Waals surface area contributed by atoms with Gasteiger partial charge in [-0.2, -0.15) is 5.10 Å². The van der Waals surface area contributed by atoms with Crippen molar-refractivity contribution in [3.8, 4) is 5.75 Å². The molecule has 3 N–H and O–H groups in total. The van der Waals surface area contributed by atoms with Gasteiger partial charge in [-0.1, -0.05) is 13.8 Å². The summed E-state index contributed by atoms with van der Waals surface area (Å²) in [6.07, 6.45) is 1.60. The lowest BCUT2D eigenvalue weighted by molar-refractivity contribution is -0.125. The monoisotopic (exact) mass is 318 g/mol. The van der Waals surface area contributed by atoms with Crippen LogP contribution in [0, 0.1) is 13.8 Å². The van der Waals surface area contributed by atoms with Crippen LogP contribution in [0.2, 0.25) is 0 Å². The van der Waals surface area contributed by atoms with E-state index in [-0.39, 0.29) is 30.5 Å². The highest BCUT2D eigenvalue weighted by atomic mass is 35.5. The summed E-state index contributed by atoms with van der Waals surface area (Å²) >= 11 is 0. The van der Waals surface area contributed by atoms with Crippen LogP contribution >= 0.6 is 12.4 Å². The molecule has 1 aromatic heterocycles. The number of halogens is 1. The third-order valence-corrected chi connectivity index (χ3v) is 3.94. The number of nitrogens with one attached hydrogen (secondary N) is 1. The van der Waals surface area contributed by atoms with Crippen molar-refractivity contribution in [2.45, 2.75) is 46.1 Å². The summed E-state index contributed by atoms with van der Waals surface area (Å²) in [4.78, 5) is 12.0. The lowest BCUT2D eigenvalue weighted by Gasteiger charge is -2.31. The summed E-state index contributed by atoms with van der Waals surface area (Å²) in [5.74, 6) is 0.524. The zero-order chi connectivity index (χ0) is 15.3. The summed E-state index contributed by atoms with van der Waals surface area (Å²) in [7, 11) is 1.85. The minimum absolute atomic E-state index is 0. The molecular formula is C14H27ClN4O2. The molecule has 0 fully saturated rings. The number of rotatable bonds is 7. The molecule has 0 aliphatic heterocycles. The lowest BCUT2D eigenvalue weighted by atomic mass is 9.93. The second-order valence-corrected chi connectivity index (χ2v) is 5.15. The fourth-order valence-corrected chi connectivity index (χ4v) is 2.20. The molecule has 0 aliphatic carbocycles. The maximum absolute atomic E-state index is 12.0. The Hall–Kier alpha value is -1.27. The van der Waals surface area contributed by atoms with Gasteiger partial charge in [0.15, 0.2) is 12.4 Å². The van der Waals surface area contributed by atoms with Gasteiger partial charge >= 0.3 is 0 Å². The van der Waals surface area contributed by atoms with Crippen LogP contribution in [0.1, 0.15) is 38.1 Å². The Morgan fingerprint density at radius 1 is 1.38 bits per heavy atom. The average Bonchev–Trinajstić information content (AvgIpc) is 2.68. The van der Waals surface area contributed by atoms with E-state index < -0.39 is 0 Å². The third-order valence-electron chi connectivity index (χ3n) is 3.94. The highest BCUT2D eigenvalue weighted by Gasteiger charge is 2.26. The molecule has 7 heteroatoms. The van der Waals surface area contributed by atoms with E-state index in [0.717, 1.165) is 24.2 Å². The van der Waals surface area contributed by atoms with E-state index in [1.165, 1.54) is 0 Å². The van der Waals surface area contributed by atoms with Crippen molar-refractivity contribution in [3.05, 3.63) is 11.4 Å². The van der Waals surface area contributed by atoms with Gasteiger partial charge in [0.25, 0.3) is 5.91 Å². The van der Waals surface area contributed by atoms with Crippen molar-refractivity contribution < 1.29 is 9.53 Å². The average molecular weight is 319 g/mol. The van der Waals surface area contributed by atoms with Gasteiger partial charge in [0.05, 0.1) is 11.2 Å². The van der Waals surface area contributed by atoms with Crippen LogP contribution in [-0.4, -0.2) is 34.4 Å². The highest BCUT2D eigenvalue weighted by molar-refractivity contribution is 5.85. The SMILES string of the molecule is CCC(CC)(CN)NC(=O)COc1c(C)nn(C)c1C.Cl. The largest absolute Gasteiger partial charge is 0.480 e. The minimum atomic E-state index is -0.334. The van der Waals surface area contributed by atoms with Crippen LogP contribution in [-0.2, 0) is 11.8 Å². The van der Waals surface area contributed by atoms with E-state index in [1.807, 2.05) is 34.7 Å². The molecule has 0 saturated heterocycles. The van der Waals surface area contributed by atoms with Crippen molar-refractivity contribution in [2.75, 3.05) is 13.2 Å². The molecular weight excluding hydrogens is 292 g/mol. The summed E-state index contributed by atoms with van der Waals surface area (Å²) in [5.41, 5.74) is 7.13. The van der Waals surface area contributed by atoms with Gasteiger partial charge in [-0.25, -0.2) is 0 Å². The van der Waals surface area contributed by atoms with Crippen LogP contribution < -0.4 is 15.8 Å². The first-order chi connectivity index (χ1) is 9.39. The zero-order valence-corrected chi connectivity index (χ0v) is 14.3. The van der Waals surface area contributed by atoms with Gasteiger partial charge in [-0.15, -0.1) is 12.4 Å². The summed E-state index contributed by atoms with van der Waals surface area (Å²) < 4.78 is 7.33. The van der Waals surface area contributed by atoms with Crippen molar-refractivity contribution in [2.24, 2.45) is 12.8 Å². The number of aromatic nitrogens is 2. The van der Waals surface area contributed by atoms with Gasteiger partial charge in [0, 0.05) is 13.6 Å². The van der Waals surface area contributed by atoms with Crippen LogP contribution in [0.15, 0.2) is 0 Å². The molecule has 0 radical (unpaired) electrons. The molecule has 21 heavy (non-hydrogen) atoms. The van der Waals surface area contributed by atoms with Crippen molar-refractivity contribution in [1.29, 1.82) is 0 Å². The first-order valence-electron chi connectivity index (χ1n) is 7.03. The molecule has 122 valence electrons. The summed E-state index contributed by atoms with van der Waals surface area (Å²) in [6.45, 7) is 8.23. The Balaban J connectivity index is 0.00000400. The predicted octanol–water partition coefficient (Wildman–Crippen LogP) is 1.47. The first-order valence-corrected chi connectivity index (χ1v) is 7.03. The van der Waals surface area contributed by atoms with Crippen LogP contribution in [0.25, 0.3) is 0 Å². The van der Waals surface area contributed by atoms with Crippen LogP contribution in [0.3, 0.4) is 0 Å². The van der Waals surface area contributed by atoms with Crippen molar-refractivity contribution in [1.82, 2.24) is 15.1 Å². The number of hydrogen-bond donors (Lipinski definition) is 2. The number of nitrogens with zero attached hydrogens (tertiary/aromatic N) is 2. The smallest absolute Gasteiger partial charge is 0.258 e. The molecule has 0 aromatic carbocycles. The summed E-state index contributed by atoms with van der Waals surface area (Å²) in [5, 5.41) is 7.23. The second-order valence-electron chi connectivity index (χ2n) is 5.15. The number of ether oxygens (including phenoxy) is 1. The molecule has 0 atom stereocenters. The Kier molecular flexibility index (Phi) is 7.74. The fourth-order valence-electron chi connectivity index (χ4n) is 2.20. The number of hydrogen-bond acceptors (Lipinski definition) is 4. The van der Waals surface area contributed by atoms with E-state index in [1.54, 1.807) is 4.68 Å². The Labute approximate surface area is 132 Å². The van der Waals surface area contributed by atoms with E-state index in [0.29, 0.717) is 12.3 Å². The van der Waals surface area contributed by atoms with Gasteiger partial charge < -0.3 is 15.8 Å². The molecule has 1 heterocycles. The lowest BCUT2D eigenvalue weighted by Crippen LogP contribution is -2.54. The van der Waals surface area contributed by atoms with Gasteiger partial charge in [0.2, 0.25) is 0 Å². The van der Waals surface area contributed by atoms with E-state index in [4.69, 9.17) is 10.5 Å². The van der Waals surface area contributed by atoms with Crippen molar-refractivity contribution >= 4 is 18.3 Å². The Bertz CT molecular complexity index is 462. The normalized spacial score (nSPS) is 11.0. The quantitative estimate of drug-likeness (QED) is 0.797. The first kappa shape index (κ1) is 19.7. The maximum Gasteiger partial charge on any atom is 0.258 e. The summed E-state index contributed by atoms with van der Waals surface area (Å²) in [6, 6.07) is 0. The Morgan fingerprint density at radius 2 is 1.95 bits per heavy atom. The molecule has 0 unspecified atom stereocenters. The van der Waals surface area contributed by atoms with Crippen LogP contribution in [0.5, 0.6) is 5.75 Å². The number of carbonyl (C=O) groups is 1. The number of nitrogens with two attached hydrogens (primary N) is 1. The number of carbonyl (C=O) groups excluding carboxylic acids is 1. The topological polar surface area (TPSA) is 82.2 Å². The molecule has 1 amide bonds. The third kappa shape index (κ3) is 4.61. The fraction of sp³-hybridized carbons (Fsp3) is 0.714. The van der Waals surface area contributed by atoms with E-state index >= 15 is 0 Å². The molecule has 0 aliphatic rings. The van der Waals surface area contributed by atoms with Gasteiger partial charge in [0.1, 0.15) is 5.69 Å². The molecule has 6 nitrogen and oxygen atoms in total. The van der Waals surface area contributed by atoms with E-state index in [2.05, 4.69) is 10.4 Å². The molecule has 0 saturated carbocycles. The van der Waals surface area contributed by atoms with Crippen molar-refractivity contribution in [3.63, 3.8) is 0 Å². The van der Waals surface area contributed by atoms with Gasteiger partial charge in [-0.3, -0.25) is 9.48 Å². The highest BCUT2D eigenvalue weighted by Crippen LogP contribution is 2.21. The standard InChI is InChI=1S/C14H26N4O2.ClH/c1-6-14(7-2,9-15)16-12(19)8-20-13-10(3)17-18(5)11(13)4;/h6-9,15H2,1-5H3,(H,16,19);1H. The molecule has 1 aromatic rings.